The number of nitrogens with one attached hydrogen (secondary N) is 1. The average molecular weight is 471 g/mol. The quantitative estimate of drug-likeness (QED) is 0.666. The topological polar surface area (TPSA) is 51.2 Å². The van der Waals surface area contributed by atoms with Crippen LogP contribution in [0.2, 0.25) is 5.02 Å². The van der Waals surface area contributed by atoms with Crippen molar-refractivity contribution in [1.82, 2.24) is 10.3 Å². The van der Waals surface area contributed by atoms with Crippen molar-refractivity contribution in [2.45, 2.75) is 12.7 Å². The zero-order chi connectivity index (χ0) is 17.7. The van der Waals surface area contributed by atoms with E-state index in [-0.39, 0.29) is 18.3 Å². The van der Waals surface area contributed by atoms with Gasteiger partial charge in [-0.1, -0.05) is 11.6 Å². The van der Waals surface area contributed by atoms with Crippen LogP contribution in [0.25, 0.3) is 0 Å². The van der Waals surface area contributed by atoms with Gasteiger partial charge < -0.3 is 10.1 Å². The third kappa shape index (κ3) is 5.82. The van der Waals surface area contributed by atoms with Crippen LogP contribution in [0.1, 0.15) is 15.9 Å². The molecule has 2 rings (SSSR count). The Morgan fingerprint density at radius 1 is 1.29 bits per heavy atom. The average Bonchev–Trinajstić information content (AvgIpc) is 2.53. The molecule has 1 aromatic heterocycles. The minimum atomic E-state index is -4.44. The first kappa shape index (κ1) is 18.8. The smallest absolute Gasteiger partial charge is 0.422 e. The van der Waals surface area contributed by atoms with Crippen LogP contribution >= 0.6 is 34.2 Å². The summed E-state index contributed by atoms with van der Waals surface area (Å²) in [5, 5.41) is 3.11. The Labute approximate surface area is 154 Å². The lowest BCUT2D eigenvalue weighted by atomic mass is 10.2. The lowest BCUT2D eigenvalue weighted by molar-refractivity contribution is -0.154. The lowest BCUT2D eigenvalue weighted by Gasteiger charge is -2.10. The number of amides is 1. The number of hydrogen-bond acceptors (Lipinski definition) is 3. The van der Waals surface area contributed by atoms with Gasteiger partial charge >= 0.3 is 6.18 Å². The Balaban J connectivity index is 1.99. The Hall–Kier alpha value is -1.55. The van der Waals surface area contributed by atoms with Gasteiger partial charge in [0.2, 0.25) is 5.88 Å². The van der Waals surface area contributed by atoms with E-state index in [0.717, 1.165) is 3.57 Å². The molecule has 0 saturated heterocycles. The summed E-state index contributed by atoms with van der Waals surface area (Å²) in [6.07, 6.45) is -3.12. The molecule has 0 spiro atoms. The molecule has 0 aliphatic heterocycles. The van der Waals surface area contributed by atoms with Gasteiger partial charge in [0.25, 0.3) is 5.91 Å². The number of pyridine rings is 1. The van der Waals surface area contributed by atoms with Gasteiger partial charge in [-0.15, -0.1) is 0 Å². The van der Waals surface area contributed by atoms with Crippen LogP contribution in [0.3, 0.4) is 0 Å². The van der Waals surface area contributed by atoms with Crippen molar-refractivity contribution in [2.75, 3.05) is 6.61 Å². The molecule has 0 aliphatic rings. The molecule has 1 N–H and O–H groups in total. The van der Waals surface area contributed by atoms with Gasteiger partial charge in [-0.3, -0.25) is 4.79 Å². The van der Waals surface area contributed by atoms with Crippen molar-refractivity contribution in [2.24, 2.45) is 0 Å². The predicted octanol–water partition coefficient (Wildman–Crippen LogP) is 4.21. The third-order valence-corrected chi connectivity index (χ3v) is 3.98. The molecule has 0 atom stereocenters. The molecule has 24 heavy (non-hydrogen) atoms. The summed E-state index contributed by atoms with van der Waals surface area (Å²) in [6.45, 7) is -1.30. The van der Waals surface area contributed by atoms with E-state index < -0.39 is 12.8 Å². The first-order valence-corrected chi connectivity index (χ1v) is 8.08. The molecule has 0 bridgehead atoms. The van der Waals surface area contributed by atoms with E-state index in [1.54, 1.807) is 24.3 Å². The van der Waals surface area contributed by atoms with E-state index in [9.17, 15) is 18.0 Å². The van der Waals surface area contributed by atoms with E-state index in [0.29, 0.717) is 16.1 Å². The number of ether oxygens (including phenoxy) is 1. The Morgan fingerprint density at radius 3 is 2.75 bits per heavy atom. The standard InChI is InChI=1S/C15H11ClF3IN2O2/c16-10-1-2-12(20)11(6-10)14(23)22-7-9-3-4-21-13(5-9)24-8-15(17,18)19/h1-6H,7-8H2,(H,22,23). The van der Waals surface area contributed by atoms with Crippen LogP contribution in [0, 0.1) is 3.57 Å². The van der Waals surface area contributed by atoms with E-state index in [4.69, 9.17) is 11.6 Å². The first-order chi connectivity index (χ1) is 11.2. The number of carbonyl (C=O) groups is 1. The highest BCUT2D eigenvalue weighted by Gasteiger charge is 2.28. The Morgan fingerprint density at radius 2 is 2.04 bits per heavy atom. The summed E-state index contributed by atoms with van der Waals surface area (Å²) in [5.74, 6) is -0.493. The van der Waals surface area contributed by atoms with Gasteiger partial charge in [-0.05, 0) is 52.4 Å². The molecule has 0 aliphatic carbocycles. The van der Waals surface area contributed by atoms with Gasteiger partial charge in [-0.25, -0.2) is 4.98 Å². The van der Waals surface area contributed by atoms with Crippen LogP contribution in [-0.4, -0.2) is 23.7 Å². The SMILES string of the molecule is O=C(NCc1ccnc(OCC(F)(F)F)c1)c1cc(Cl)ccc1I. The number of halogens is 5. The predicted molar refractivity (Wildman–Crippen MR) is 91.1 cm³/mol. The fourth-order valence-corrected chi connectivity index (χ4v) is 2.50. The monoisotopic (exact) mass is 470 g/mol. The van der Waals surface area contributed by atoms with Crippen molar-refractivity contribution in [1.29, 1.82) is 0 Å². The molecule has 0 unspecified atom stereocenters. The largest absolute Gasteiger partial charge is 0.468 e. The van der Waals surface area contributed by atoms with Crippen molar-refractivity contribution in [3.63, 3.8) is 0 Å². The maximum atomic E-state index is 12.2. The van der Waals surface area contributed by atoms with E-state index in [1.807, 2.05) is 22.6 Å². The van der Waals surface area contributed by atoms with Crippen LogP contribution in [0.5, 0.6) is 5.88 Å². The molecule has 0 fully saturated rings. The fraction of sp³-hybridized carbons (Fsp3) is 0.200. The molecule has 9 heteroatoms. The second kappa shape index (κ2) is 8.02. The van der Waals surface area contributed by atoms with Gasteiger partial charge in [0, 0.05) is 27.4 Å². The minimum absolute atomic E-state index is 0.117. The van der Waals surface area contributed by atoms with Crippen LogP contribution < -0.4 is 10.1 Å². The van der Waals surface area contributed by atoms with E-state index in [2.05, 4.69) is 15.0 Å². The molecule has 1 aromatic carbocycles. The molecular weight excluding hydrogens is 460 g/mol. The lowest BCUT2D eigenvalue weighted by Crippen LogP contribution is -2.24. The highest BCUT2D eigenvalue weighted by Crippen LogP contribution is 2.19. The summed E-state index contributed by atoms with van der Waals surface area (Å²) in [5.41, 5.74) is 0.985. The number of benzene rings is 1. The number of rotatable bonds is 5. The van der Waals surface area contributed by atoms with Crippen LogP contribution in [-0.2, 0) is 6.54 Å². The van der Waals surface area contributed by atoms with Gasteiger partial charge in [0.15, 0.2) is 6.61 Å². The van der Waals surface area contributed by atoms with Crippen molar-refractivity contribution in [3.05, 3.63) is 56.2 Å². The first-order valence-electron chi connectivity index (χ1n) is 6.62. The van der Waals surface area contributed by atoms with Crippen LogP contribution in [0.15, 0.2) is 36.5 Å². The molecule has 1 amide bonds. The summed E-state index contributed by atoms with van der Waals surface area (Å²) in [7, 11) is 0. The molecule has 0 saturated carbocycles. The highest BCUT2D eigenvalue weighted by atomic mass is 127. The summed E-state index contributed by atoms with van der Waals surface area (Å²) < 4.78 is 41.7. The normalized spacial score (nSPS) is 11.2. The maximum Gasteiger partial charge on any atom is 0.422 e. The molecule has 2 aromatic rings. The van der Waals surface area contributed by atoms with E-state index >= 15 is 0 Å². The van der Waals surface area contributed by atoms with Gasteiger partial charge in [-0.2, -0.15) is 13.2 Å². The summed E-state index contributed by atoms with van der Waals surface area (Å²) in [6, 6.07) is 7.85. The zero-order valence-corrected chi connectivity index (χ0v) is 14.9. The highest BCUT2D eigenvalue weighted by molar-refractivity contribution is 14.1. The summed E-state index contributed by atoms with van der Waals surface area (Å²) in [4.78, 5) is 15.9. The molecule has 4 nitrogen and oxygen atoms in total. The van der Waals surface area contributed by atoms with Crippen molar-refractivity contribution >= 4 is 40.1 Å². The second-order valence-electron chi connectivity index (χ2n) is 4.71. The number of alkyl halides is 3. The third-order valence-electron chi connectivity index (χ3n) is 2.81. The Kier molecular flexibility index (Phi) is 6.27. The number of aromatic nitrogens is 1. The summed E-state index contributed by atoms with van der Waals surface area (Å²) >= 11 is 7.88. The van der Waals surface area contributed by atoms with Gasteiger partial charge in [0.05, 0.1) is 5.56 Å². The van der Waals surface area contributed by atoms with Gasteiger partial charge in [0.1, 0.15) is 0 Å². The molecule has 1 heterocycles. The van der Waals surface area contributed by atoms with Crippen molar-refractivity contribution < 1.29 is 22.7 Å². The molecular formula is C15H11ClF3IN2O2. The van der Waals surface area contributed by atoms with Crippen LogP contribution in [0.4, 0.5) is 13.2 Å². The maximum absolute atomic E-state index is 12.2. The van der Waals surface area contributed by atoms with Crippen molar-refractivity contribution in [3.8, 4) is 5.88 Å². The number of nitrogens with zero attached hydrogens (tertiary/aromatic N) is 1. The molecule has 128 valence electrons. The molecule has 0 radical (unpaired) electrons. The van der Waals surface area contributed by atoms with E-state index in [1.165, 1.54) is 12.3 Å². The Bertz CT molecular complexity index is 741. The number of carbonyl (C=O) groups excluding carboxylic acids is 1. The number of hydrogen-bond donors (Lipinski definition) is 1. The second-order valence-corrected chi connectivity index (χ2v) is 6.31. The zero-order valence-electron chi connectivity index (χ0n) is 12.0. The minimum Gasteiger partial charge on any atom is -0.468 e. The fourth-order valence-electron chi connectivity index (χ4n) is 1.74.